The molecule has 0 spiro atoms. The van der Waals surface area contributed by atoms with Crippen molar-refractivity contribution in [3.8, 4) is 0 Å². The Kier molecular flexibility index (Phi) is 2.04. The van der Waals surface area contributed by atoms with E-state index in [4.69, 9.17) is 0 Å². The van der Waals surface area contributed by atoms with E-state index in [2.05, 4.69) is 29.1 Å². The lowest BCUT2D eigenvalue weighted by Gasteiger charge is -2.20. The Hall–Kier alpha value is -1.32. The van der Waals surface area contributed by atoms with Crippen molar-refractivity contribution in [3.63, 3.8) is 0 Å². The second kappa shape index (κ2) is 3.20. The molecule has 1 aromatic rings. The predicted octanol–water partition coefficient (Wildman–Crippen LogP) is 1.23. The SMILES string of the molecule is Cc1ccnn1CN1N=CCC1C. The molecule has 0 saturated heterocycles. The third-order valence-corrected chi connectivity index (χ3v) is 2.39. The summed E-state index contributed by atoms with van der Waals surface area (Å²) in [6.45, 7) is 4.99. The van der Waals surface area contributed by atoms with Crippen LogP contribution in [0, 0.1) is 6.92 Å². The van der Waals surface area contributed by atoms with Crippen molar-refractivity contribution in [3.05, 3.63) is 18.0 Å². The fourth-order valence-corrected chi connectivity index (χ4v) is 1.40. The monoisotopic (exact) mass is 178 g/mol. The zero-order valence-corrected chi connectivity index (χ0v) is 8.01. The Morgan fingerprint density at radius 1 is 1.62 bits per heavy atom. The second-order valence-corrected chi connectivity index (χ2v) is 3.44. The summed E-state index contributed by atoms with van der Waals surface area (Å²) in [5.74, 6) is 0. The lowest BCUT2D eigenvalue weighted by molar-refractivity contribution is 0.180. The minimum atomic E-state index is 0.503. The third kappa shape index (κ3) is 1.56. The molecule has 4 heteroatoms. The predicted molar refractivity (Wildman–Crippen MR) is 51.4 cm³/mol. The summed E-state index contributed by atoms with van der Waals surface area (Å²) in [4.78, 5) is 0. The van der Waals surface area contributed by atoms with E-state index in [1.54, 1.807) is 0 Å². The third-order valence-electron chi connectivity index (χ3n) is 2.39. The van der Waals surface area contributed by atoms with Gasteiger partial charge in [0.15, 0.2) is 0 Å². The molecule has 0 radical (unpaired) electrons. The number of rotatable bonds is 2. The number of hydrazone groups is 1. The second-order valence-electron chi connectivity index (χ2n) is 3.44. The Balaban J connectivity index is 2.06. The number of hydrogen-bond donors (Lipinski definition) is 0. The highest BCUT2D eigenvalue weighted by Crippen LogP contribution is 2.11. The van der Waals surface area contributed by atoms with E-state index in [1.807, 2.05) is 23.2 Å². The van der Waals surface area contributed by atoms with Gasteiger partial charge in [-0.1, -0.05) is 0 Å². The maximum atomic E-state index is 4.28. The van der Waals surface area contributed by atoms with Crippen molar-refractivity contribution < 1.29 is 0 Å². The number of hydrogen-bond acceptors (Lipinski definition) is 3. The van der Waals surface area contributed by atoms with Gasteiger partial charge in [-0.2, -0.15) is 10.2 Å². The molecule has 0 fully saturated rings. The molecule has 70 valence electrons. The molecule has 1 aliphatic rings. The molecule has 0 amide bonds. The lowest BCUT2D eigenvalue weighted by Crippen LogP contribution is -2.27. The number of aromatic nitrogens is 2. The van der Waals surface area contributed by atoms with Crippen LogP contribution in [-0.2, 0) is 6.67 Å². The summed E-state index contributed by atoms with van der Waals surface area (Å²) in [5, 5.41) is 10.6. The van der Waals surface area contributed by atoms with Crippen LogP contribution in [0.2, 0.25) is 0 Å². The van der Waals surface area contributed by atoms with Crippen molar-refractivity contribution in [2.75, 3.05) is 0 Å². The largest absolute Gasteiger partial charge is 0.273 e. The molecule has 0 bridgehead atoms. The average Bonchev–Trinajstić information content (AvgIpc) is 2.65. The Bertz CT molecular complexity index is 315. The van der Waals surface area contributed by atoms with Gasteiger partial charge in [0, 0.05) is 24.5 Å². The molecule has 1 unspecified atom stereocenters. The van der Waals surface area contributed by atoms with E-state index < -0.39 is 0 Å². The van der Waals surface area contributed by atoms with Gasteiger partial charge in [-0.3, -0.25) is 5.01 Å². The van der Waals surface area contributed by atoms with Crippen LogP contribution in [0.25, 0.3) is 0 Å². The van der Waals surface area contributed by atoms with Crippen LogP contribution in [0.4, 0.5) is 0 Å². The molecule has 2 heterocycles. The maximum absolute atomic E-state index is 4.28. The van der Waals surface area contributed by atoms with Gasteiger partial charge in [0.05, 0.1) is 6.04 Å². The molecule has 13 heavy (non-hydrogen) atoms. The highest BCUT2D eigenvalue weighted by molar-refractivity contribution is 5.59. The van der Waals surface area contributed by atoms with Crippen LogP contribution in [0.3, 0.4) is 0 Å². The quantitative estimate of drug-likeness (QED) is 0.682. The fourth-order valence-electron chi connectivity index (χ4n) is 1.40. The highest BCUT2D eigenvalue weighted by Gasteiger charge is 2.15. The summed E-state index contributed by atoms with van der Waals surface area (Å²) in [5.41, 5.74) is 1.18. The van der Waals surface area contributed by atoms with Crippen LogP contribution in [0.15, 0.2) is 17.4 Å². The van der Waals surface area contributed by atoms with Crippen LogP contribution in [0.5, 0.6) is 0 Å². The van der Waals surface area contributed by atoms with E-state index >= 15 is 0 Å². The van der Waals surface area contributed by atoms with Crippen molar-refractivity contribution in [1.29, 1.82) is 0 Å². The molecule has 1 atom stereocenters. The van der Waals surface area contributed by atoms with Gasteiger partial charge in [0.25, 0.3) is 0 Å². The number of nitrogens with zero attached hydrogens (tertiary/aromatic N) is 4. The van der Waals surface area contributed by atoms with Gasteiger partial charge in [0.2, 0.25) is 0 Å². The minimum absolute atomic E-state index is 0.503. The Morgan fingerprint density at radius 2 is 2.46 bits per heavy atom. The molecular formula is C9H14N4. The molecule has 4 nitrogen and oxygen atoms in total. The number of aryl methyl sites for hydroxylation is 1. The summed E-state index contributed by atoms with van der Waals surface area (Å²) < 4.78 is 1.96. The van der Waals surface area contributed by atoms with Crippen molar-refractivity contribution in [2.24, 2.45) is 5.10 Å². The molecule has 0 saturated carbocycles. The van der Waals surface area contributed by atoms with Gasteiger partial charge in [-0.05, 0) is 19.9 Å². The van der Waals surface area contributed by atoms with Gasteiger partial charge < -0.3 is 0 Å². The van der Waals surface area contributed by atoms with Gasteiger partial charge in [-0.25, -0.2) is 4.68 Å². The van der Waals surface area contributed by atoms with Gasteiger partial charge in [-0.15, -0.1) is 0 Å². The molecular weight excluding hydrogens is 164 g/mol. The van der Waals surface area contributed by atoms with Crippen molar-refractivity contribution >= 4 is 6.21 Å². The summed E-state index contributed by atoms with van der Waals surface area (Å²) in [6, 6.07) is 2.51. The molecule has 2 rings (SSSR count). The molecule has 0 N–H and O–H groups in total. The van der Waals surface area contributed by atoms with E-state index in [0.29, 0.717) is 6.04 Å². The van der Waals surface area contributed by atoms with E-state index in [9.17, 15) is 0 Å². The van der Waals surface area contributed by atoms with Crippen molar-refractivity contribution in [1.82, 2.24) is 14.8 Å². The van der Waals surface area contributed by atoms with Crippen LogP contribution >= 0.6 is 0 Å². The van der Waals surface area contributed by atoms with E-state index in [-0.39, 0.29) is 0 Å². The van der Waals surface area contributed by atoms with Gasteiger partial charge in [0.1, 0.15) is 6.67 Å². The summed E-state index contributed by atoms with van der Waals surface area (Å²) in [7, 11) is 0. The van der Waals surface area contributed by atoms with Crippen LogP contribution < -0.4 is 0 Å². The van der Waals surface area contributed by atoms with E-state index in [0.717, 1.165) is 13.1 Å². The zero-order chi connectivity index (χ0) is 9.26. The first-order chi connectivity index (χ1) is 6.27. The average molecular weight is 178 g/mol. The molecule has 1 aliphatic heterocycles. The van der Waals surface area contributed by atoms with Gasteiger partial charge >= 0.3 is 0 Å². The smallest absolute Gasteiger partial charge is 0.128 e. The molecule has 0 aliphatic carbocycles. The first-order valence-electron chi connectivity index (χ1n) is 4.55. The standard InChI is InChI=1S/C9H14N4/c1-8-3-5-10-12(8)7-13-9(2)4-6-11-13/h3,5-6,9H,4,7H2,1-2H3. The van der Waals surface area contributed by atoms with Crippen LogP contribution in [0.1, 0.15) is 19.0 Å². The van der Waals surface area contributed by atoms with Crippen molar-refractivity contribution in [2.45, 2.75) is 33.0 Å². The topological polar surface area (TPSA) is 33.4 Å². The van der Waals surface area contributed by atoms with E-state index in [1.165, 1.54) is 5.69 Å². The Morgan fingerprint density at radius 3 is 3.00 bits per heavy atom. The molecule has 1 aromatic heterocycles. The Labute approximate surface area is 77.8 Å². The zero-order valence-electron chi connectivity index (χ0n) is 8.01. The van der Waals surface area contributed by atoms with Crippen LogP contribution in [-0.4, -0.2) is 27.0 Å². The maximum Gasteiger partial charge on any atom is 0.128 e. The fraction of sp³-hybridized carbons (Fsp3) is 0.556. The minimum Gasteiger partial charge on any atom is -0.273 e. The normalized spacial score (nSPS) is 21.4. The first-order valence-corrected chi connectivity index (χ1v) is 4.55. The first kappa shape index (κ1) is 8.29. The molecule has 0 aromatic carbocycles. The summed E-state index contributed by atoms with van der Waals surface area (Å²) in [6.07, 6.45) is 4.82. The lowest BCUT2D eigenvalue weighted by atomic mass is 10.3. The highest BCUT2D eigenvalue weighted by atomic mass is 15.5. The summed E-state index contributed by atoms with van der Waals surface area (Å²) >= 11 is 0.